The van der Waals surface area contributed by atoms with Gasteiger partial charge < -0.3 is 0 Å². The molecule has 14 heavy (non-hydrogen) atoms. The van der Waals surface area contributed by atoms with Gasteiger partial charge in [-0.25, -0.2) is 0 Å². The van der Waals surface area contributed by atoms with Crippen LogP contribution in [0.3, 0.4) is 0 Å². The summed E-state index contributed by atoms with van der Waals surface area (Å²) in [6.45, 7) is 6.13. The van der Waals surface area contributed by atoms with Crippen LogP contribution in [0.1, 0.15) is 37.6 Å². The van der Waals surface area contributed by atoms with Gasteiger partial charge in [-0.15, -0.1) is 0 Å². The predicted octanol–water partition coefficient (Wildman–Crippen LogP) is 3.46. The van der Waals surface area contributed by atoms with E-state index in [0.29, 0.717) is 0 Å². The van der Waals surface area contributed by atoms with Gasteiger partial charge >= 0.3 is 0 Å². The number of rotatable bonds is 1. The maximum absolute atomic E-state index is 4.30. The molecule has 0 bridgehead atoms. The van der Waals surface area contributed by atoms with Gasteiger partial charge in [-0.2, -0.15) is 0 Å². The summed E-state index contributed by atoms with van der Waals surface area (Å²) in [4.78, 5) is 4.30. The molecule has 0 fully saturated rings. The zero-order valence-corrected chi connectivity index (χ0v) is 8.96. The Morgan fingerprint density at radius 1 is 1.21 bits per heavy atom. The van der Waals surface area contributed by atoms with Crippen molar-refractivity contribution in [3.8, 4) is 0 Å². The monoisotopic (exact) mass is 185 g/mol. The summed E-state index contributed by atoms with van der Waals surface area (Å²) in [5.74, 6) is 0. The molecule has 0 radical (unpaired) electrons. The van der Waals surface area contributed by atoms with Gasteiger partial charge in [-0.1, -0.05) is 32.2 Å². The van der Waals surface area contributed by atoms with Crippen molar-refractivity contribution in [2.75, 3.05) is 0 Å². The van der Waals surface area contributed by atoms with Gasteiger partial charge in [0.2, 0.25) is 0 Å². The van der Waals surface area contributed by atoms with Crippen LogP contribution in [0.2, 0.25) is 0 Å². The van der Waals surface area contributed by atoms with E-state index in [9.17, 15) is 0 Å². The van der Waals surface area contributed by atoms with Crippen molar-refractivity contribution in [2.24, 2.45) is 0 Å². The van der Waals surface area contributed by atoms with Crippen LogP contribution in [0.15, 0.2) is 23.7 Å². The quantitative estimate of drug-likeness (QED) is 0.620. The lowest BCUT2D eigenvalue weighted by molar-refractivity contribution is 1.09. The van der Waals surface area contributed by atoms with E-state index in [0.717, 1.165) is 17.7 Å². The molecule has 1 aliphatic carbocycles. The average molecular weight is 185 g/mol. The molecule has 0 unspecified atom stereocenters. The van der Waals surface area contributed by atoms with Crippen LogP contribution in [-0.2, 0) is 6.42 Å². The molecular weight excluding hydrogens is 170 g/mol. The molecule has 0 atom stereocenters. The van der Waals surface area contributed by atoms with E-state index in [-0.39, 0.29) is 0 Å². The Balaban J connectivity index is 0.000000461. The fourth-order valence-corrected chi connectivity index (χ4v) is 1.20. The molecule has 0 saturated carbocycles. The Kier molecular flexibility index (Phi) is 3.94. The molecule has 1 nitrogen and oxygen atoms in total. The number of hydrogen-bond acceptors (Lipinski definition) is 1. The van der Waals surface area contributed by atoms with E-state index in [1.165, 1.54) is 5.56 Å². The molecule has 0 aromatic carbocycles. The Morgan fingerprint density at radius 3 is 2.64 bits per heavy atom. The minimum Gasteiger partial charge on any atom is -0.255 e. The molecule has 1 aliphatic rings. The fourth-order valence-electron chi connectivity index (χ4n) is 1.20. The van der Waals surface area contributed by atoms with Crippen molar-refractivity contribution in [3.63, 3.8) is 0 Å². The Hall–Kier alpha value is -1.55. The van der Waals surface area contributed by atoms with E-state index in [4.69, 9.17) is 0 Å². The molecule has 0 amide bonds. The first kappa shape index (κ1) is 10.5. The number of pyridine rings is 1. The van der Waals surface area contributed by atoms with Gasteiger partial charge in [0.05, 0.1) is 5.69 Å². The highest BCUT2D eigenvalue weighted by atomic mass is 14.7. The summed E-state index contributed by atoms with van der Waals surface area (Å²) >= 11 is 0. The summed E-state index contributed by atoms with van der Waals surface area (Å²) < 4.78 is 0. The second-order valence-electron chi connectivity index (χ2n) is 2.75. The maximum atomic E-state index is 4.30. The van der Waals surface area contributed by atoms with Gasteiger partial charge in [0, 0.05) is 17.8 Å². The number of fused-ring (bicyclic) bond motifs is 1. The van der Waals surface area contributed by atoms with E-state index in [1.54, 1.807) is 0 Å². The molecule has 1 aromatic rings. The lowest BCUT2D eigenvalue weighted by Crippen LogP contribution is -1.91. The fraction of sp³-hybridized carbons (Fsp3) is 0.308. The molecule has 2 rings (SSSR count). The summed E-state index contributed by atoms with van der Waals surface area (Å²) in [5, 5.41) is 0. The Morgan fingerprint density at radius 2 is 1.93 bits per heavy atom. The first-order valence-electron chi connectivity index (χ1n) is 5.06. The minimum atomic E-state index is 0.992. The van der Waals surface area contributed by atoms with Crippen LogP contribution in [0.4, 0.5) is 0 Å². The molecule has 0 aliphatic heterocycles. The molecule has 1 heteroatoms. The second-order valence-corrected chi connectivity index (χ2v) is 2.75. The highest BCUT2D eigenvalue weighted by molar-refractivity contribution is 5.65. The third kappa shape index (κ3) is 2.23. The smallest absolute Gasteiger partial charge is 0.0792 e. The van der Waals surface area contributed by atoms with Crippen LogP contribution < -0.4 is 0 Å². The van der Waals surface area contributed by atoms with Crippen molar-refractivity contribution in [1.29, 1.82) is 0 Å². The van der Waals surface area contributed by atoms with Crippen molar-refractivity contribution in [1.82, 2.24) is 4.98 Å². The van der Waals surface area contributed by atoms with E-state index < -0.39 is 0 Å². The highest BCUT2D eigenvalue weighted by Crippen LogP contribution is 2.14. The SMILES string of the molecule is CC.CCc1cnc2c(c1)C=C=C=C2. The molecule has 0 spiro atoms. The molecule has 1 aromatic heterocycles. The third-order valence-corrected chi connectivity index (χ3v) is 1.93. The molecule has 72 valence electrons. The van der Waals surface area contributed by atoms with Crippen molar-refractivity contribution in [2.45, 2.75) is 27.2 Å². The lowest BCUT2D eigenvalue weighted by Gasteiger charge is -2.02. The number of nitrogens with zero attached hydrogens (tertiary/aromatic N) is 1. The highest BCUT2D eigenvalue weighted by Gasteiger charge is 2.00. The zero-order chi connectivity index (χ0) is 10.4. The third-order valence-electron chi connectivity index (χ3n) is 1.93. The van der Waals surface area contributed by atoms with Crippen LogP contribution in [0, 0.1) is 0 Å². The summed E-state index contributed by atoms with van der Waals surface area (Å²) in [7, 11) is 0. The zero-order valence-electron chi connectivity index (χ0n) is 8.96. The molecule has 1 heterocycles. The predicted molar refractivity (Wildman–Crippen MR) is 60.9 cm³/mol. The first-order chi connectivity index (χ1) is 6.90. The van der Waals surface area contributed by atoms with Gasteiger partial charge in [-0.05, 0) is 24.1 Å². The Bertz CT molecular complexity index is 403. The number of hydrogen-bond donors (Lipinski definition) is 0. The van der Waals surface area contributed by atoms with Gasteiger partial charge in [0.1, 0.15) is 0 Å². The largest absolute Gasteiger partial charge is 0.255 e. The summed E-state index contributed by atoms with van der Waals surface area (Å²) in [6.07, 6.45) is 6.72. The summed E-state index contributed by atoms with van der Waals surface area (Å²) in [5.41, 5.74) is 9.21. The molecular formula is C13H15N. The standard InChI is InChI=1S/C11H9N.C2H6/c1-2-9-7-10-5-3-4-6-11(10)12-8-9;1-2/h5-8H,2H2,1H3;1-2H3. The Labute approximate surface area is 85.5 Å². The first-order valence-corrected chi connectivity index (χ1v) is 5.06. The van der Waals surface area contributed by atoms with E-state index in [2.05, 4.69) is 29.4 Å². The van der Waals surface area contributed by atoms with E-state index in [1.807, 2.05) is 32.2 Å². The van der Waals surface area contributed by atoms with Crippen LogP contribution >= 0.6 is 0 Å². The van der Waals surface area contributed by atoms with Gasteiger partial charge in [-0.3, -0.25) is 4.98 Å². The van der Waals surface area contributed by atoms with Crippen molar-refractivity contribution >= 4 is 12.2 Å². The minimum absolute atomic E-state index is 0.992. The van der Waals surface area contributed by atoms with Crippen LogP contribution in [0.25, 0.3) is 12.2 Å². The maximum Gasteiger partial charge on any atom is 0.0792 e. The van der Waals surface area contributed by atoms with Gasteiger partial charge in [0.15, 0.2) is 0 Å². The molecule has 0 saturated heterocycles. The van der Waals surface area contributed by atoms with Crippen LogP contribution in [-0.4, -0.2) is 4.98 Å². The van der Waals surface area contributed by atoms with E-state index >= 15 is 0 Å². The number of aromatic nitrogens is 1. The topological polar surface area (TPSA) is 12.9 Å². The lowest BCUT2D eigenvalue weighted by atomic mass is 10.1. The van der Waals surface area contributed by atoms with Crippen LogP contribution in [0.5, 0.6) is 0 Å². The van der Waals surface area contributed by atoms with Gasteiger partial charge in [0.25, 0.3) is 0 Å². The van der Waals surface area contributed by atoms with Crippen molar-refractivity contribution < 1.29 is 0 Å². The average Bonchev–Trinajstić information content (AvgIpc) is 2.31. The molecule has 0 N–H and O–H groups in total. The summed E-state index contributed by atoms with van der Waals surface area (Å²) in [6, 6.07) is 2.15. The number of aryl methyl sites for hydroxylation is 1. The normalized spacial score (nSPS) is 10.5. The second kappa shape index (κ2) is 5.24. The van der Waals surface area contributed by atoms with Crippen molar-refractivity contribution in [3.05, 3.63) is 40.5 Å².